The van der Waals surface area contributed by atoms with Crippen LogP contribution in [0.4, 0.5) is 4.79 Å². The molecule has 10 nitrogen and oxygen atoms in total. The van der Waals surface area contributed by atoms with Crippen LogP contribution in [0.2, 0.25) is 0 Å². The molecule has 0 heterocycles. The molecule has 69 heavy (non-hydrogen) atoms. The van der Waals surface area contributed by atoms with Gasteiger partial charge in [0.2, 0.25) is 20.0 Å². The highest BCUT2D eigenvalue weighted by atomic mass is 32.2. The lowest BCUT2D eigenvalue weighted by molar-refractivity contribution is 0.0526. The summed E-state index contributed by atoms with van der Waals surface area (Å²) >= 11 is 0. The van der Waals surface area contributed by atoms with E-state index < -0.39 is 25.6 Å². The Bertz CT molecular complexity index is 1260. The van der Waals surface area contributed by atoms with Gasteiger partial charge in [-0.25, -0.2) is 30.2 Å². The molecule has 0 radical (unpaired) electrons. The molecule has 414 valence electrons. The number of carbonyl (C=O) groups excluding carboxylic acids is 1. The Balaban J connectivity index is 5.16. The van der Waals surface area contributed by atoms with Crippen molar-refractivity contribution in [2.24, 2.45) is 0 Å². The monoisotopic (exact) mass is 1020 g/mol. The Labute approximate surface area is 431 Å². The van der Waals surface area contributed by atoms with Crippen molar-refractivity contribution in [3.05, 3.63) is 0 Å². The molecule has 0 unspecified atom stereocenters. The van der Waals surface area contributed by atoms with Crippen molar-refractivity contribution in [1.82, 2.24) is 18.8 Å². The summed E-state index contributed by atoms with van der Waals surface area (Å²) in [5, 5.41) is 2.89. The zero-order chi connectivity index (χ0) is 51.2. The van der Waals surface area contributed by atoms with Gasteiger partial charge in [-0.1, -0.05) is 207 Å². The third-order valence-electron chi connectivity index (χ3n) is 13.7. The molecule has 0 saturated heterocycles. The van der Waals surface area contributed by atoms with Gasteiger partial charge in [-0.15, -0.1) is 0 Å². The number of amides is 1. The molecule has 0 aliphatic rings. The number of ether oxygens (including phenoxy) is 1. The zero-order valence-corrected chi connectivity index (χ0v) is 48.7. The van der Waals surface area contributed by atoms with Crippen LogP contribution < -0.4 is 5.32 Å². The molecule has 0 aromatic heterocycles. The van der Waals surface area contributed by atoms with E-state index in [2.05, 4.69) is 37.9 Å². The van der Waals surface area contributed by atoms with Gasteiger partial charge >= 0.3 is 6.09 Å². The highest BCUT2D eigenvalue weighted by Crippen LogP contribution is 2.18. The molecular weight excluding hydrogens is 901 g/mol. The average molecular weight is 1020 g/mol. The summed E-state index contributed by atoms with van der Waals surface area (Å²) in [4.78, 5) is 14.7. The molecule has 0 aliphatic heterocycles. The van der Waals surface area contributed by atoms with Crippen molar-refractivity contribution >= 4 is 26.1 Å². The quantitative estimate of drug-likeness (QED) is 0.0603. The van der Waals surface area contributed by atoms with Crippen LogP contribution >= 0.6 is 0 Å². The SMILES string of the molecule is CCCCCCCCCCN(CCCCCCCC)S(=O)(=O)CCCCCCN(CCCCCCS(=O)(=O)N(CCCCCCCC)CCCCCCCCCC)CCCCNC(=O)OC(C)(C)C. The van der Waals surface area contributed by atoms with Crippen molar-refractivity contribution in [2.45, 2.75) is 298 Å². The molecule has 0 aromatic carbocycles. The van der Waals surface area contributed by atoms with Gasteiger partial charge in [-0.05, 0) is 105 Å². The molecule has 0 rings (SSSR count). The lowest BCUT2D eigenvalue weighted by Gasteiger charge is -2.24. The molecule has 0 bridgehead atoms. The van der Waals surface area contributed by atoms with Crippen LogP contribution in [0.15, 0.2) is 0 Å². The molecule has 0 saturated carbocycles. The van der Waals surface area contributed by atoms with E-state index in [9.17, 15) is 21.6 Å². The number of hydrogen-bond acceptors (Lipinski definition) is 7. The molecule has 12 heteroatoms. The molecule has 0 aliphatic carbocycles. The van der Waals surface area contributed by atoms with Crippen LogP contribution in [0.25, 0.3) is 0 Å². The van der Waals surface area contributed by atoms with Gasteiger partial charge in [0.25, 0.3) is 0 Å². The fraction of sp³-hybridized carbons (Fsp3) is 0.982. The number of hydrogen-bond donors (Lipinski definition) is 1. The van der Waals surface area contributed by atoms with Crippen LogP contribution in [0.1, 0.15) is 292 Å². The molecule has 1 N–H and O–H groups in total. The smallest absolute Gasteiger partial charge is 0.407 e. The van der Waals surface area contributed by atoms with Crippen LogP contribution in [0, 0.1) is 0 Å². The first-order valence-corrected chi connectivity index (χ1v) is 33.1. The molecular formula is C57H118N4O6S2. The second-order valence-corrected chi connectivity index (χ2v) is 25.9. The van der Waals surface area contributed by atoms with E-state index in [1.54, 1.807) is 0 Å². The van der Waals surface area contributed by atoms with Crippen molar-refractivity contribution in [3.63, 3.8) is 0 Å². The van der Waals surface area contributed by atoms with Crippen molar-refractivity contribution in [2.75, 3.05) is 63.9 Å². The number of carbonyl (C=O) groups is 1. The maximum atomic E-state index is 13.7. The minimum atomic E-state index is -3.27. The van der Waals surface area contributed by atoms with E-state index in [1.807, 2.05) is 29.4 Å². The second kappa shape index (κ2) is 46.8. The highest BCUT2D eigenvalue weighted by molar-refractivity contribution is 7.89. The number of rotatable bonds is 53. The van der Waals surface area contributed by atoms with Crippen LogP contribution in [-0.2, 0) is 24.8 Å². The van der Waals surface area contributed by atoms with E-state index in [0.717, 1.165) is 122 Å². The Morgan fingerprint density at radius 2 is 0.609 bits per heavy atom. The standard InChI is InChI=1S/C57H118N4O6S2/c1-8-12-16-20-24-26-30-41-52-60(50-39-28-22-18-14-10-3)68(63,64)54-44-34-32-37-47-59(49-43-36-46-58-56(62)67-57(5,6)7)48-38-33-35-45-55-69(65,66)61(51-40-29-23-19-15-11-4)53-42-31-27-25-21-17-13-9-2/h8-55H2,1-7H3,(H,58,62). The van der Waals surface area contributed by atoms with Gasteiger partial charge in [0.15, 0.2) is 0 Å². The lowest BCUT2D eigenvalue weighted by Crippen LogP contribution is -2.35. The number of sulfonamides is 2. The highest BCUT2D eigenvalue weighted by Gasteiger charge is 2.22. The maximum absolute atomic E-state index is 13.7. The zero-order valence-electron chi connectivity index (χ0n) is 47.0. The lowest BCUT2D eigenvalue weighted by atomic mass is 10.1. The van der Waals surface area contributed by atoms with Gasteiger partial charge < -0.3 is 15.0 Å². The van der Waals surface area contributed by atoms with Crippen molar-refractivity contribution in [3.8, 4) is 0 Å². The van der Waals surface area contributed by atoms with Gasteiger partial charge in [0.05, 0.1) is 11.5 Å². The number of nitrogens with one attached hydrogen (secondary N) is 1. The first-order valence-electron chi connectivity index (χ1n) is 29.9. The fourth-order valence-electron chi connectivity index (χ4n) is 9.27. The van der Waals surface area contributed by atoms with Crippen LogP contribution in [0.5, 0.6) is 0 Å². The van der Waals surface area contributed by atoms with E-state index in [-0.39, 0.29) is 17.6 Å². The Hall–Kier alpha value is -0.950. The number of unbranched alkanes of at least 4 members (excludes halogenated alkanes) is 31. The first-order chi connectivity index (χ1) is 33.2. The first kappa shape index (κ1) is 68.0. The van der Waals surface area contributed by atoms with E-state index in [4.69, 9.17) is 4.74 Å². The van der Waals surface area contributed by atoms with Gasteiger partial charge in [0, 0.05) is 32.7 Å². The number of nitrogens with zero attached hydrogens (tertiary/aromatic N) is 3. The topological polar surface area (TPSA) is 116 Å². The van der Waals surface area contributed by atoms with E-state index in [0.29, 0.717) is 45.6 Å². The summed E-state index contributed by atoms with van der Waals surface area (Å²) in [6.07, 6.45) is 42.2. The normalized spacial score (nSPS) is 12.6. The van der Waals surface area contributed by atoms with Crippen molar-refractivity contribution in [1.29, 1.82) is 0 Å². The minimum Gasteiger partial charge on any atom is -0.444 e. The molecule has 0 fully saturated rings. The Morgan fingerprint density at radius 1 is 0.362 bits per heavy atom. The fourth-order valence-corrected chi connectivity index (χ4v) is 12.5. The number of alkyl carbamates (subject to hydrolysis) is 1. The molecule has 0 aromatic rings. The summed E-state index contributed by atoms with van der Waals surface area (Å²) in [7, 11) is -6.54. The van der Waals surface area contributed by atoms with Crippen LogP contribution in [-0.4, -0.2) is 106 Å². The largest absolute Gasteiger partial charge is 0.444 e. The minimum absolute atomic E-state index is 0.250. The van der Waals surface area contributed by atoms with Gasteiger partial charge in [-0.2, -0.15) is 0 Å². The predicted molar refractivity (Wildman–Crippen MR) is 300 cm³/mol. The predicted octanol–water partition coefficient (Wildman–Crippen LogP) is 16.0. The average Bonchev–Trinajstić information content (AvgIpc) is 3.29. The van der Waals surface area contributed by atoms with Crippen LogP contribution in [0.3, 0.4) is 0 Å². The summed E-state index contributed by atoms with van der Waals surface area (Å²) in [6.45, 7) is 20.7. The summed E-state index contributed by atoms with van der Waals surface area (Å²) in [5.41, 5.74) is -0.519. The van der Waals surface area contributed by atoms with E-state index in [1.165, 1.54) is 128 Å². The summed E-state index contributed by atoms with van der Waals surface area (Å²) in [5.74, 6) is 0.500. The Kier molecular flexibility index (Phi) is 46.2. The molecule has 0 atom stereocenters. The molecule has 1 amide bonds. The third kappa shape index (κ3) is 44.3. The van der Waals surface area contributed by atoms with Gasteiger partial charge in [-0.3, -0.25) is 0 Å². The van der Waals surface area contributed by atoms with Crippen molar-refractivity contribution < 1.29 is 26.4 Å². The molecule has 0 spiro atoms. The maximum Gasteiger partial charge on any atom is 0.407 e. The third-order valence-corrected chi connectivity index (χ3v) is 17.6. The second-order valence-electron chi connectivity index (χ2n) is 21.7. The summed E-state index contributed by atoms with van der Waals surface area (Å²) < 4.78 is 63.8. The van der Waals surface area contributed by atoms with Gasteiger partial charge in [0.1, 0.15) is 5.60 Å². The Morgan fingerprint density at radius 3 is 0.899 bits per heavy atom. The van der Waals surface area contributed by atoms with E-state index >= 15 is 0 Å². The summed E-state index contributed by atoms with van der Waals surface area (Å²) in [6, 6.07) is 0.